The molecule has 14 heteroatoms. The van der Waals surface area contributed by atoms with Crippen LogP contribution in [0.3, 0.4) is 0 Å². The summed E-state index contributed by atoms with van der Waals surface area (Å²) in [6.07, 6.45) is 3.52. The quantitative estimate of drug-likeness (QED) is 0.138. The Morgan fingerprint density at radius 2 is 1.27 bits per heavy atom. The van der Waals surface area contributed by atoms with Gasteiger partial charge in [0.15, 0.2) is 16.9 Å². The number of rotatable bonds is 11. The Morgan fingerprint density at radius 3 is 1.84 bits per heavy atom. The monoisotopic (exact) mass is 696 g/mol. The molecule has 0 aliphatic carbocycles. The first kappa shape index (κ1) is 31.7. The van der Waals surface area contributed by atoms with Gasteiger partial charge in [0.05, 0.1) is 38.0 Å². The Balaban J connectivity index is 1.19. The van der Waals surface area contributed by atoms with Crippen LogP contribution in [0, 0.1) is 0 Å². The van der Waals surface area contributed by atoms with E-state index in [0.717, 1.165) is 11.4 Å². The van der Waals surface area contributed by atoms with Crippen molar-refractivity contribution in [1.82, 2.24) is 30.0 Å². The Bertz CT molecular complexity index is 2320. The van der Waals surface area contributed by atoms with Gasteiger partial charge >= 0.3 is 0 Å². The van der Waals surface area contributed by atoms with Gasteiger partial charge in [0, 0.05) is 33.8 Å². The molecule has 0 saturated heterocycles. The van der Waals surface area contributed by atoms with Gasteiger partial charge in [0.25, 0.3) is 0 Å². The molecule has 246 valence electrons. The van der Waals surface area contributed by atoms with Crippen molar-refractivity contribution in [3.8, 4) is 45.7 Å². The van der Waals surface area contributed by atoms with Crippen LogP contribution in [0.25, 0.3) is 33.7 Å². The molecule has 0 spiro atoms. The molecule has 3 aromatic heterocycles. The van der Waals surface area contributed by atoms with Crippen LogP contribution in [0.2, 0.25) is 10.0 Å². The molecule has 0 atom stereocenters. The highest BCUT2D eigenvalue weighted by Gasteiger charge is 2.17. The van der Waals surface area contributed by atoms with Crippen molar-refractivity contribution in [2.24, 2.45) is 0 Å². The van der Waals surface area contributed by atoms with E-state index in [4.69, 9.17) is 46.6 Å². The fourth-order valence-corrected chi connectivity index (χ4v) is 5.27. The summed E-state index contributed by atoms with van der Waals surface area (Å²) in [6, 6.07) is 24.4. The molecule has 49 heavy (non-hydrogen) atoms. The molecule has 3 heterocycles. The second-order valence-electron chi connectivity index (χ2n) is 10.7. The van der Waals surface area contributed by atoms with Gasteiger partial charge < -0.3 is 23.4 Å². The molecule has 0 bridgehead atoms. The van der Waals surface area contributed by atoms with Gasteiger partial charge in [-0.15, -0.1) is 10.2 Å². The number of aromatic nitrogens is 6. The van der Waals surface area contributed by atoms with Crippen molar-refractivity contribution >= 4 is 34.2 Å². The van der Waals surface area contributed by atoms with E-state index < -0.39 is 0 Å². The van der Waals surface area contributed by atoms with Gasteiger partial charge in [-0.25, -0.2) is 9.36 Å². The zero-order chi connectivity index (χ0) is 33.9. The molecule has 0 aliphatic heterocycles. The highest BCUT2D eigenvalue weighted by molar-refractivity contribution is 6.30. The first-order valence-corrected chi connectivity index (χ1v) is 15.6. The van der Waals surface area contributed by atoms with Crippen molar-refractivity contribution in [1.29, 1.82) is 0 Å². The van der Waals surface area contributed by atoms with Gasteiger partial charge in [0.2, 0.25) is 0 Å². The van der Waals surface area contributed by atoms with Crippen molar-refractivity contribution < 1.29 is 23.4 Å². The summed E-state index contributed by atoms with van der Waals surface area (Å²) in [5.41, 5.74) is 3.34. The van der Waals surface area contributed by atoms with E-state index in [1.807, 2.05) is 24.3 Å². The fraction of sp³-hybridized carbons (Fsp3) is 0.114. The fourth-order valence-electron chi connectivity index (χ4n) is 5.02. The SMILES string of the molecule is COc1cc(OC)c2c(=O)cc(-c3ccc(OCc4cn(-c5ccc(Cl)cc5)nn4)c(OCc4cn(-c5ccc(Cl)cc5)nn4)c3)oc2c1. The van der Waals surface area contributed by atoms with Crippen LogP contribution in [0.15, 0.2) is 107 Å². The van der Waals surface area contributed by atoms with E-state index in [1.165, 1.54) is 20.3 Å². The Hall–Kier alpha value is -5.85. The number of methoxy groups -OCH3 is 2. The third kappa shape index (κ3) is 6.91. The lowest BCUT2D eigenvalue weighted by atomic mass is 10.1. The van der Waals surface area contributed by atoms with Gasteiger partial charge in [0.1, 0.15) is 52.8 Å². The van der Waals surface area contributed by atoms with Crippen LogP contribution in [0.1, 0.15) is 11.4 Å². The van der Waals surface area contributed by atoms with Crippen LogP contribution in [-0.4, -0.2) is 44.2 Å². The highest BCUT2D eigenvalue weighted by atomic mass is 35.5. The van der Waals surface area contributed by atoms with E-state index in [0.29, 0.717) is 66.7 Å². The van der Waals surface area contributed by atoms with E-state index in [-0.39, 0.29) is 18.6 Å². The predicted molar refractivity (Wildman–Crippen MR) is 182 cm³/mol. The molecular formula is C35H26Cl2N6O6. The van der Waals surface area contributed by atoms with Crippen molar-refractivity contribution in [3.63, 3.8) is 0 Å². The smallest absolute Gasteiger partial charge is 0.197 e. The molecule has 7 aromatic rings. The summed E-state index contributed by atoms with van der Waals surface area (Å²) in [5, 5.41) is 18.4. The third-order valence-corrected chi connectivity index (χ3v) is 7.97. The maximum atomic E-state index is 13.3. The van der Waals surface area contributed by atoms with Crippen LogP contribution in [0.4, 0.5) is 0 Å². The number of halogens is 2. The lowest BCUT2D eigenvalue weighted by Crippen LogP contribution is -2.04. The minimum absolute atomic E-state index is 0.0657. The summed E-state index contributed by atoms with van der Waals surface area (Å²) in [5.74, 6) is 1.93. The first-order valence-electron chi connectivity index (χ1n) is 14.8. The minimum atomic E-state index is -0.277. The number of fused-ring (bicyclic) bond motifs is 1. The number of nitrogens with zero attached hydrogens (tertiary/aromatic N) is 6. The maximum Gasteiger partial charge on any atom is 0.197 e. The molecule has 0 fully saturated rings. The summed E-state index contributed by atoms with van der Waals surface area (Å²) in [6.45, 7) is 0.164. The van der Waals surface area contributed by atoms with Crippen molar-refractivity contribution in [2.75, 3.05) is 14.2 Å². The lowest BCUT2D eigenvalue weighted by Gasteiger charge is -2.14. The van der Waals surface area contributed by atoms with E-state index in [2.05, 4.69) is 20.6 Å². The molecule has 7 rings (SSSR count). The van der Waals surface area contributed by atoms with Crippen molar-refractivity contribution in [2.45, 2.75) is 13.2 Å². The summed E-state index contributed by atoms with van der Waals surface area (Å²) >= 11 is 12.1. The Morgan fingerprint density at radius 1 is 0.673 bits per heavy atom. The molecule has 0 aliphatic rings. The van der Waals surface area contributed by atoms with Gasteiger partial charge in [-0.3, -0.25) is 4.79 Å². The van der Waals surface area contributed by atoms with E-state index >= 15 is 0 Å². The van der Waals surface area contributed by atoms with E-state index in [1.54, 1.807) is 76.4 Å². The number of hydrogen-bond donors (Lipinski definition) is 0. The minimum Gasteiger partial charge on any atom is -0.496 e. The van der Waals surface area contributed by atoms with Crippen LogP contribution in [0.5, 0.6) is 23.0 Å². The Labute approximate surface area is 288 Å². The normalized spacial score (nSPS) is 11.1. The zero-order valence-electron chi connectivity index (χ0n) is 26.0. The van der Waals surface area contributed by atoms with Crippen LogP contribution >= 0.6 is 23.2 Å². The molecule has 12 nitrogen and oxygen atoms in total. The standard InChI is InChI=1S/C35H26Cl2N6O6/c1-45-28-14-33(46-2)35-29(44)16-31(49-34(35)15-28)21-3-12-30(47-19-24-17-42(40-38-24)26-8-4-22(36)5-9-26)32(13-21)48-20-25-18-43(41-39-25)27-10-6-23(37)7-11-27/h3-18H,19-20H2,1-2H3. The largest absolute Gasteiger partial charge is 0.496 e. The van der Waals surface area contributed by atoms with Gasteiger partial charge in [-0.1, -0.05) is 33.6 Å². The average molecular weight is 698 g/mol. The first-order chi connectivity index (χ1) is 23.9. The lowest BCUT2D eigenvalue weighted by molar-refractivity contribution is 0.252. The van der Waals surface area contributed by atoms with E-state index in [9.17, 15) is 4.79 Å². The Kier molecular flexibility index (Phi) is 8.88. The molecular weight excluding hydrogens is 671 g/mol. The van der Waals surface area contributed by atoms with Crippen LogP contribution in [-0.2, 0) is 13.2 Å². The maximum absolute atomic E-state index is 13.3. The summed E-state index contributed by atoms with van der Waals surface area (Å²) in [4.78, 5) is 13.3. The third-order valence-electron chi connectivity index (χ3n) is 7.47. The number of benzene rings is 4. The van der Waals surface area contributed by atoms with Gasteiger partial charge in [-0.2, -0.15) is 0 Å². The number of hydrogen-bond acceptors (Lipinski definition) is 10. The summed E-state index contributed by atoms with van der Waals surface area (Å²) in [7, 11) is 3.01. The highest BCUT2D eigenvalue weighted by Crippen LogP contribution is 2.36. The molecule has 0 saturated carbocycles. The number of ether oxygens (including phenoxy) is 4. The summed E-state index contributed by atoms with van der Waals surface area (Å²) < 4.78 is 32.7. The zero-order valence-corrected chi connectivity index (χ0v) is 27.6. The second kappa shape index (κ2) is 13.7. The predicted octanol–water partition coefficient (Wildman–Crippen LogP) is 7.10. The topological polar surface area (TPSA) is 129 Å². The molecule has 0 N–H and O–H groups in total. The molecule has 0 amide bonds. The molecule has 0 unspecified atom stereocenters. The second-order valence-corrected chi connectivity index (χ2v) is 11.6. The average Bonchev–Trinajstić information content (AvgIpc) is 3.80. The van der Waals surface area contributed by atoms with Crippen LogP contribution < -0.4 is 24.4 Å². The van der Waals surface area contributed by atoms with Gasteiger partial charge in [-0.05, 0) is 66.7 Å². The van der Waals surface area contributed by atoms with Crippen molar-refractivity contribution in [3.05, 3.63) is 129 Å². The molecule has 4 aromatic carbocycles. The molecule has 0 radical (unpaired) electrons.